The minimum Gasteiger partial charge on any atom is -0.481 e. The van der Waals surface area contributed by atoms with E-state index in [4.69, 9.17) is 23.2 Å². The van der Waals surface area contributed by atoms with Crippen molar-refractivity contribution in [1.82, 2.24) is 0 Å². The molecule has 1 aliphatic heterocycles. The molecule has 0 radical (unpaired) electrons. The highest BCUT2D eigenvalue weighted by molar-refractivity contribution is 6.42. The third-order valence-corrected chi connectivity index (χ3v) is 5.26. The molecule has 25 heavy (non-hydrogen) atoms. The monoisotopic (exact) mass is 379 g/mol. The van der Waals surface area contributed by atoms with Gasteiger partial charge in [0.1, 0.15) is 5.54 Å². The molecule has 0 aromatic heterocycles. The van der Waals surface area contributed by atoms with Crippen LogP contribution in [0.3, 0.4) is 0 Å². The second-order valence-electron chi connectivity index (χ2n) is 6.06. The van der Waals surface area contributed by atoms with Crippen molar-refractivity contribution in [1.29, 1.82) is 0 Å². The summed E-state index contributed by atoms with van der Waals surface area (Å²) in [5.74, 6) is -2.88. The summed E-state index contributed by atoms with van der Waals surface area (Å²) in [7, 11) is 0. The molecule has 0 spiro atoms. The number of para-hydroxylation sites is 1. The summed E-state index contributed by atoms with van der Waals surface area (Å²) in [6, 6.07) is 12.0. The van der Waals surface area contributed by atoms with E-state index >= 15 is 0 Å². The Bertz CT molecular complexity index is 855. The zero-order chi connectivity index (χ0) is 18.2. The SMILES string of the molecule is O=C(O)CC1c2ccccc2NC1(Cc1ccc(Cl)c(Cl)c1)C(=O)O. The maximum absolute atomic E-state index is 12.2. The fourth-order valence-electron chi connectivity index (χ4n) is 3.38. The average Bonchev–Trinajstić information content (AvgIpc) is 2.85. The van der Waals surface area contributed by atoms with Crippen molar-refractivity contribution in [3.8, 4) is 0 Å². The number of rotatable bonds is 5. The van der Waals surface area contributed by atoms with E-state index in [0.29, 0.717) is 26.9 Å². The quantitative estimate of drug-likeness (QED) is 0.729. The summed E-state index contributed by atoms with van der Waals surface area (Å²) in [5.41, 5.74) is 0.509. The molecule has 1 aliphatic rings. The molecular weight excluding hydrogens is 365 g/mol. The Morgan fingerprint density at radius 1 is 1.08 bits per heavy atom. The van der Waals surface area contributed by atoms with Crippen molar-refractivity contribution in [3.05, 3.63) is 63.6 Å². The van der Waals surface area contributed by atoms with Gasteiger partial charge in [0.05, 0.1) is 16.5 Å². The molecule has 7 heteroatoms. The van der Waals surface area contributed by atoms with Crippen LogP contribution in [-0.2, 0) is 16.0 Å². The predicted octanol–water partition coefficient (Wildman–Crippen LogP) is 4.04. The third kappa shape index (κ3) is 3.17. The van der Waals surface area contributed by atoms with Gasteiger partial charge in [-0.2, -0.15) is 0 Å². The van der Waals surface area contributed by atoms with Gasteiger partial charge in [0, 0.05) is 18.0 Å². The maximum atomic E-state index is 12.2. The molecule has 3 rings (SSSR count). The molecule has 130 valence electrons. The molecule has 2 aromatic rings. The number of carbonyl (C=O) groups is 2. The second-order valence-corrected chi connectivity index (χ2v) is 6.88. The van der Waals surface area contributed by atoms with Gasteiger partial charge in [0.25, 0.3) is 0 Å². The standard InChI is InChI=1S/C18H15Cl2NO4/c19-13-6-5-10(7-14(13)20)9-18(17(24)25)12(8-16(22)23)11-3-1-2-4-15(11)21-18/h1-7,12,21H,8-9H2,(H,22,23)(H,24,25). The van der Waals surface area contributed by atoms with Crippen molar-refractivity contribution in [2.75, 3.05) is 5.32 Å². The van der Waals surface area contributed by atoms with E-state index < -0.39 is 23.4 Å². The van der Waals surface area contributed by atoms with E-state index in [2.05, 4.69) is 5.32 Å². The zero-order valence-electron chi connectivity index (χ0n) is 13.0. The maximum Gasteiger partial charge on any atom is 0.330 e. The van der Waals surface area contributed by atoms with Gasteiger partial charge in [-0.05, 0) is 29.3 Å². The molecule has 0 saturated heterocycles. The lowest BCUT2D eigenvalue weighted by atomic mass is 9.76. The van der Waals surface area contributed by atoms with Gasteiger partial charge in [0.2, 0.25) is 0 Å². The first-order valence-corrected chi connectivity index (χ1v) is 8.35. The summed E-state index contributed by atoms with van der Waals surface area (Å²) in [4.78, 5) is 23.6. The number of carboxylic acids is 2. The van der Waals surface area contributed by atoms with Crippen LogP contribution >= 0.6 is 23.2 Å². The topological polar surface area (TPSA) is 86.6 Å². The number of fused-ring (bicyclic) bond motifs is 1. The highest BCUT2D eigenvalue weighted by atomic mass is 35.5. The number of hydrogen-bond donors (Lipinski definition) is 3. The summed E-state index contributed by atoms with van der Waals surface area (Å²) in [6.07, 6.45) is -0.219. The van der Waals surface area contributed by atoms with Gasteiger partial charge in [-0.3, -0.25) is 4.79 Å². The van der Waals surface area contributed by atoms with Crippen LogP contribution in [0.2, 0.25) is 10.0 Å². The number of carboxylic acid groups (broad SMARTS) is 2. The number of nitrogens with one attached hydrogen (secondary N) is 1. The summed E-state index contributed by atoms with van der Waals surface area (Å²) in [5, 5.41) is 23.0. The van der Waals surface area contributed by atoms with Crippen LogP contribution in [-0.4, -0.2) is 27.7 Å². The van der Waals surface area contributed by atoms with Crippen LogP contribution in [0.25, 0.3) is 0 Å². The molecule has 0 bridgehead atoms. The summed E-state index contributed by atoms with van der Waals surface area (Å²) >= 11 is 12.0. The van der Waals surface area contributed by atoms with Gasteiger partial charge < -0.3 is 15.5 Å². The van der Waals surface area contributed by atoms with Crippen LogP contribution < -0.4 is 5.32 Å². The molecule has 1 heterocycles. The predicted molar refractivity (Wildman–Crippen MR) is 95.6 cm³/mol. The number of anilines is 1. The molecule has 3 N–H and O–H groups in total. The van der Waals surface area contributed by atoms with Gasteiger partial charge in [0.15, 0.2) is 0 Å². The van der Waals surface area contributed by atoms with Crippen LogP contribution in [0.5, 0.6) is 0 Å². The highest BCUT2D eigenvalue weighted by Crippen LogP contribution is 2.46. The van der Waals surface area contributed by atoms with Gasteiger partial charge >= 0.3 is 11.9 Å². The lowest BCUT2D eigenvalue weighted by Gasteiger charge is -2.31. The fourth-order valence-corrected chi connectivity index (χ4v) is 3.70. The van der Waals surface area contributed by atoms with Crippen LogP contribution in [0.1, 0.15) is 23.5 Å². The Balaban J connectivity index is 2.07. The van der Waals surface area contributed by atoms with E-state index in [0.717, 1.165) is 0 Å². The summed E-state index contributed by atoms with van der Waals surface area (Å²) < 4.78 is 0. The summed E-state index contributed by atoms with van der Waals surface area (Å²) in [6.45, 7) is 0. The lowest BCUT2D eigenvalue weighted by molar-refractivity contribution is -0.144. The molecular formula is C18H15Cl2NO4. The fraction of sp³-hybridized carbons (Fsp3) is 0.222. The van der Waals surface area contributed by atoms with E-state index in [1.807, 2.05) is 0 Å². The lowest BCUT2D eigenvalue weighted by Crippen LogP contribution is -2.50. The Kier molecular flexibility index (Phi) is 4.62. The van der Waals surface area contributed by atoms with E-state index in [1.165, 1.54) is 0 Å². The van der Waals surface area contributed by atoms with Crippen molar-refractivity contribution in [2.45, 2.75) is 24.3 Å². The number of aliphatic carboxylic acids is 2. The molecule has 0 aliphatic carbocycles. The first kappa shape index (κ1) is 17.6. The smallest absolute Gasteiger partial charge is 0.330 e. The normalized spacial score (nSPS) is 21.4. The van der Waals surface area contributed by atoms with Crippen molar-refractivity contribution in [3.63, 3.8) is 0 Å². The first-order valence-electron chi connectivity index (χ1n) is 7.60. The molecule has 2 unspecified atom stereocenters. The van der Waals surface area contributed by atoms with Crippen molar-refractivity contribution < 1.29 is 19.8 Å². The number of benzene rings is 2. The Morgan fingerprint density at radius 2 is 1.80 bits per heavy atom. The zero-order valence-corrected chi connectivity index (χ0v) is 14.5. The molecule has 0 saturated carbocycles. The average molecular weight is 380 g/mol. The molecule has 5 nitrogen and oxygen atoms in total. The van der Waals surface area contributed by atoms with E-state index in [-0.39, 0.29) is 12.8 Å². The largest absolute Gasteiger partial charge is 0.481 e. The van der Waals surface area contributed by atoms with Crippen LogP contribution in [0.4, 0.5) is 5.69 Å². The second kappa shape index (κ2) is 6.58. The van der Waals surface area contributed by atoms with Gasteiger partial charge in [-0.1, -0.05) is 47.5 Å². The van der Waals surface area contributed by atoms with E-state index in [9.17, 15) is 19.8 Å². The van der Waals surface area contributed by atoms with Gasteiger partial charge in [-0.15, -0.1) is 0 Å². The number of halogens is 2. The highest BCUT2D eigenvalue weighted by Gasteiger charge is 2.52. The van der Waals surface area contributed by atoms with Crippen molar-refractivity contribution >= 4 is 40.8 Å². The Labute approximate surface area is 154 Å². The van der Waals surface area contributed by atoms with Crippen molar-refractivity contribution in [2.24, 2.45) is 0 Å². The molecule has 2 aromatic carbocycles. The molecule has 0 amide bonds. The van der Waals surface area contributed by atoms with E-state index in [1.54, 1.807) is 42.5 Å². The molecule has 2 atom stereocenters. The van der Waals surface area contributed by atoms with Crippen LogP contribution in [0.15, 0.2) is 42.5 Å². The first-order chi connectivity index (χ1) is 11.8. The van der Waals surface area contributed by atoms with Gasteiger partial charge in [-0.25, -0.2) is 4.79 Å². The Hall–Kier alpha value is -2.24. The third-order valence-electron chi connectivity index (χ3n) is 4.52. The Morgan fingerprint density at radius 3 is 2.44 bits per heavy atom. The number of hydrogen-bond acceptors (Lipinski definition) is 3. The minimum atomic E-state index is -1.47. The molecule has 0 fully saturated rings. The van der Waals surface area contributed by atoms with Crippen LogP contribution in [0, 0.1) is 0 Å². The minimum absolute atomic E-state index is 0.0752.